The molecule has 0 saturated heterocycles. The first-order chi connectivity index (χ1) is 13.9. The first kappa shape index (κ1) is 15.5. The number of fused-ring (bicyclic) bond motifs is 4. The van der Waals surface area contributed by atoms with Crippen molar-refractivity contribution in [3.05, 3.63) is 114 Å². The normalized spacial score (nSPS) is 21.0. The first-order valence-electron chi connectivity index (χ1n) is 9.62. The summed E-state index contributed by atoms with van der Waals surface area (Å²) in [5, 5.41) is 0. The molecule has 0 N–H and O–H groups in total. The molecule has 0 bridgehead atoms. The van der Waals surface area contributed by atoms with E-state index in [9.17, 15) is 0 Å². The number of allylic oxidation sites excluding steroid dienone is 2. The number of benzene rings is 3. The van der Waals surface area contributed by atoms with E-state index in [4.69, 9.17) is 9.47 Å². The van der Waals surface area contributed by atoms with Gasteiger partial charge in [0.2, 0.25) is 0 Å². The molecule has 3 aliphatic rings. The summed E-state index contributed by atoms with van der Waals surface area (Å²) < 4.78 is 12.6. The predicted octanol–water partition coefficient (Wildman–Crippen LogP) is 6.25. The van der Waals surface area contributed by atoms with Crippen molar-refractivity contribution in [3.63, 3.8) is 0 Å². The third kappa shape index (κ3) is 2.21. The Morgan fingerprint density at radius 1 is 0.571 bits per heavy atom. The second kappa shape index (κ2) is 6.00. The molecule has 2 atom stereocenters. The Balaban J connectivity index is 1.74. The highest BCUT2D eigenvalue weighted by atomic mass is 16.5. The van der Waals surface area contributed by atoms with Crippen molar-refractivity contribution in [2.24, 2.45) is 5.92 Å². The van der Waals surface area contributed by atoms with Crippen LogP contribution in [0.25, 0.3) is 11.1 Å². The van der Waals surface area contributed by atoms with E-state index in [1.807, 2.05) is 30.3 Å². The Bertz CT molecular complexity index is 1130. The molecule has 134 valence electrons. The maximum absolute atomic E-state index is 6.33. The van der Waals surface area contributed by atoms with Crippen LogP contribution in [0.5, 0.6) is 17.2 Å². The minimum Gasteiger partial charge on any atom is -0.485 e. The summed E-state index contributed by atoms with van der Waals surface area (Å²) in [5.74, 6) is 2.90. The summed E-state index contributed by atoms with van der Waals surface area (Å²) in [6, 6.07) is 25.0. The SMILES string of the molecule is C1=CC2Oc3ccccc3C(=C3c4ccccc4Oc4ccccc43)C2C=C1. The fraction of sp³-hybridized carbons (Fsp3) is 0.0769. The average Bonchev–Trinajstić information content (AvgIpc) is 2.76. The zero-order chi connectivity index (χ0) is 18.5. The topological polar surface area (TPSA) is 18.5 Å². The molecule has 0 fully saturated rings. The van der Waals surface area contributed by atoms with Crippen LogP contribution in [0, 0.1) is 5.92 Å². The number of para-hydroxylation sites is 3. The first-order valence-corrected chi connectivity index (χ1v) is 9.62. The molecular weight excluding hydrogens is 344 g/mol. The van der Waals surface area contributed by atoms with Crippen LogP contribution in [0.2, 0.25) is 0 Å². The average molecular weight is 362 g/mol. The predicted molar refractivity (Wildman–Crippen MR) is 112 cm³/mol. The van der Waals surface area contributed by atoms with Crippen LogP contribution in [-0.4, -0.2) is 6.10 Å². The van der Waals surface area contributed by atoms with Crippen molar-refractivity contribution in [2.45, 2.75) is 6.10 Å². The van der Waals surface area contributed by atoms with Gasteiger partial charge in [-0.15, -0.1) is 0 Å². The molecule has 1 aliphatic carbocycles. The Morgan fingerprint density at radius 3 is 1.86 bits per heavy atom. The quantitative estimate of drug-likeness (QED) is 0.368. The van der Waals surface area contributed by atoms with Crippen LogP contribution < -0.4 is 9.47 Å². The molecule has 2 heteroatoms. The lowest BCUT2D eigenvalue weighted by molar-refractivity contribution is 0.214. The highest BCUT2D eigenvalue weighted by molar-refractivity contribution is 6.05. The van der Waals surface area contributed by atoms with Gasteiger partial charge >= 0.3 is 0 Å². The van der Waals surface area contributed by atoms with Gasteiger partial charge in [-0.1, -0.05) is 72.8 Å². The molecule has 2 aliphatic heterocycles. The molecule has 2 heterocycles. The molecule has 0 saturated carbocycles. The summed E-state index contributed by atoms with van der Waals surface area (Å²) in [4.78, 5) is 0. The smallest absolute Gasteiger partial charge is 0.135 e. The number of hydrogen-bond acceptors (Lipinski definition) is 2. The zero-order valence-corrected chi connectivity index (χ0v) is 15.2. The zero-order valence-electron chi connectivity index (χ0n) is 15.2. The number of rotatable bonds is 0. The second-order valence-corrected chi connectivity index (χ2v) is 7.26. The molecule has 3 aromatic carbocycles. The lowest BCUT2D eigenvalue weighted by Crippen LogP contribution is -2.31. The maximum Gasteiger partial charge on any atom is 0.135 e. The van der Waals surface area contributed by atoms with Crippen molar-refractivity contribution >= 4 is 11.1 Å². The van der Waals surface area contributed by atoms with Gasteiger partial charge in [0, 0.05) is 28.2 Å². The van der Waals surface area contributed by atoms with E-state index in [0.717, 1.165) is 33.9 Å². The molecule has 6 rings (SSSR count). The third-order valence-electron chi connectivity index (χ3n) is 5.66. The molecule has 2 nitrogen and oxygen atoms in total. The van der Waals surface area contributed by atoms with Crippen molar-refractivity contribution in [1.82, 2.24) is 0 Å². The van der Waals surface area contributed by atoms with Gasteiger partial charge in [-0.25, -0.2) is 0 Å². The molecule has 0 radical (unpaired) electrons. The van der Waals surface area contributed by atoms with Gasteiger partial charge in [0.05, 0.1) is 0 Å². The Hall–Kier alpha value is -3.52. The summed E-state index contributed by atoms with van der Waals surface area (Å²) >= 11 is 0. The molecule has 2 unspecified atom stereocenters. The standard InChI is InChI=1S/C26H18O2/c1-5-13-21-17(9-1)25(18-10-2-6-14-22(18)27-21)26-19-11-3-7-15-23(19)28-24-16-8-4-12-20(24)26/h1-17,21H. The van der Waals surface area contributed by atoms with Gasteiger partial charge in [0.25, 0.3) is 0 Å². The van der Waals surface area contributed by atoms with E-state index in [2.05, 4.69) is 66.8 Å². The highest BCUT2D eigenvalue weighted by Gasteiger charge is 2.36. The van der Waals surface area contributed by atoms with Gasteiger partial charge in [0.15, 0.2) is 0 Å². The molecule has 0 amide bonds. The lowest BCUT2D eigenvalue weighted by atomic mass is 9.76. The van der Waals surface area contributed by atoms with Crippen molar-refractivity contribution < 1.29 is 9.47 Å². The monoisotopic (exact) mass is 362 g/mol. The van der Waals surface area contributed by atoms with Crippen LogP contribution in [-0.2, 0) is 0 Å². The number of ether oxygens (including phenoxy) is 2. The van der Waals surface area contributed by atoms with Crippen LogP contribution in [0.15, 0.2) is 97.1 Å². The van der Waals surface area contributed by atoms with E-state index in [-0.39, 0.29) is 12.0 Å². The van der Waals surface area contributed by atoms with Gasteiger partial charge < -0.3 is 9.47 Å². The van der Waals surface area contributed by atoms with Crippen molar-refractivity contribution in [1.29, 1.82) is 0 Å². The van der Waals surface area contributed by atoms with Gasteiger partial charge in [-0.3, -0.25) is 0 Å². The van der Waals surface area contributed by atoms with Gasteiger partial charge in [0.1, 0.15) is 23.4 Å². The molecule has 0 spiro atoms. The van der Waals surface area contributed by atoms with Crippen LogP contribution >= 0.6 is 0 Å². The van der Waals surface area contributed by atoms with E-state index in [1.165, 1.54) is 11.1 Å². The summed E-state index contributed by atoms with van der Waals surface area (Å²) in [7, 11) is 0. The van der Waals surface area contributed by atoms with Gasteiger partial charge in [-0.2, -0.15) is 0 Å². The molecule has 28 heavy (non-hydrogen) atoms. The Morgan fingerprint density at radius 2 is 1.14 bits per heavy atom. The van der Waals surface area contributed by atoms with Crippen molar-refractivity contribution in [2.75, 3.05) is 0 Å². The Labute approximate surface area is 164 Å². The number of hydrogen-bond donors (Lipinski definition) is 0. The summed E-state index contributed by atoms with van der Waals surface area (Å²) in [6.07, 6.45) is 8.60. The second-order valence-electron chi connectivity index (χ2n) is 7.26. The van der Waals surface area contributed by atoms with E-state index in [0.29, 0.717) is 0 Å². The van der Waals surface area contributed by atoms with Gasteiger partial charge in [-0.05, 0) is 29.8 Å². The Kier molecular flexibility index (Phi) is 3.33. The van der Waals surface area contributed by atoms with Crippen LogP contribution in [0.4, 0.5) is 0 Å². The minimum absolute atomic E-state index is 0.00423. The van der Waals surface area contributed by atoms with Crippen LogP contribution in [0.3, 0.4) is 0 Å². The largest absolute Gasteiger partial charge is 0.485 e. The summed E-state index contributed by atoms with van der Waals surface area (Å²) in [5.41, 5.74) is 5.97. The van der Waals surface area contributed by atoms with E-state index >= 15 is 0 Å². The minimum atomic E-state index is 0.00423. The maximum atomic E-state index is 6.33. The summed E-state index contributed by atoms with van der Waals surface area (Å²) in [6.45, 7) is 0. The fourth-order valence-electron chi connectivity index (χ4n) is 4.46. The molecule has 0 aromatic heterocycles. The molecular formula is C26H18O2. The van der Waals surface area contributed by atoms with E-state index < -0.39 is 0 Å². The molecule has 3 aromatic rings. The van der Waals surface area contributed by atoms with Crippen LogP contribution in [0.1, 0.15) is 16.7 Å². The highest BCUT2D eigenvalue weighted by Crippen LogP contribution is 2.52. The third-order valence-corrected chi connectivity index (χ3v) is 5.66. The lowest BCUT2D eigenvalue weighted by Gasteiger charge is -2.37. The fourth-order valence-corrected chi connectivity index (χ4v) is 4.46. The van der Waals surface area contributed by atoms with Crippen molar-refractivity contribution in [3.8, 4) is 17.2 Å². The van der Waals surface area contributed by atoms with E-state index in [1.54, 1.807) is 0 Å².